The summed E-state index contributed by atoms with van der Waals surface area (Å²) in [6, 6.07) is 1.07. The van der Waals surface area contributed by atoms with Gasteiger partial charge >= 0.3 is 0 Å². The Balaban J connectivity index is 3.28. The Hall–Kier alpha value is -1.38. The minimum atomic E-state index is -3.78. The van der Waals surface area contributed by atoms with Crippen molar-refractivity contribution in [3.8, 4) is 0 Å². The Kier molecular flexibility index (Phi) is 5.94. The fraction of sp³-hybridized carbons (Fsp3) is 0.615. The number of rotatable bonds is 8. The van der Waals surface area contributed by atoms with Crippen LogP contribution in [0.4, 0.5) is 0 Å². The van der Waals surface area contributed by atoms with Crippen LogP contribution >= 0.6 is 0 Å². The number of sulfonamides is 1. The summed E-state index contributed by atoms with van der Waals surface area (Å²) < 4.78 is 28.1. The van der Waals surface area contributed by atoms with Gasteiger partial charge in [-0.2, -0.15) is 4.31 Å². The summed E-state index contributed by atoms with van der Waals surface area (Å²) in [5.41, 5.74) is 5.34. The van der Waals surface area contributed by atoms with Crippen LogP contribution in [-0.2, 0) is 17.1 Å². The number of nitrogens with zero attached hydrogens (tertiary/aromatic N) is 2. The Morgan fingerprint density at radius 2 is 2.00 bits per heavy atom. The molecule has 1 aromatic heterocycles. The molecule has 0 saturated carbocycles. The molecule has 0 atom stereocenters. The number of aryl methyl sites for hydroxylation is 1. The maximum absolute atomic E-state index is 12.7. The summed E-state index contributed by atoms with van der Waals surface area (Å²) >= 11 is 0. The van der Waals surface area contributed by atoms with Crippen molar-refractivity contribution in [2.75, 3.05) is 13.2 Å². The number of aromatic nitrogens is 1. The Morgan fingerprint density at radius 1 is 1.43 bits per heavy atom. The lowest BCUT2D eigenvalue weighted by atomic mass is 10.2. The van der Waals surface area contributed by atoms with Gasteiger partial charge in [0, 0.05) is 25.8 Å². The molecule has 0 bridgehead atoms. The van der Waals surface area contributed by atoms with Crippen molar-refractivity contribution in [3.05, 3.63) is 18.0 Å². The molecule has 0 aliphatic carbocycles. The van der Waals surface area contributed by atoms with E-state index in [4.69, 9.17) is 10.8 Å². The number of carbonyl (C=O) groups excluding carboxylic acids is 1. The minimum absolute atomic E-state index is 0.0131. The summed E-state index contributed by atoms with van der Waals surface area (Å²) in [7, 11) is -2.21. The van der Waals surface area contributed by atoms with Crippen LogP contribution in [-0.4, -0.2) is 47.5 Å². The van der Waals surface area contributed by atoms with Gasteiger partial charge in [0.25, 0.3) is 5.91 Å². The Morgan fingerprint density at radius 3 is 2.38 bits per heavy atom. The largest absolute Gasteiger partial charge is 0.395 e. The van der Waals surface area contributed by atoms with Gasteiger partial charge in [0.1, 0.15) is 10.6 Å². The molecule has 0 radical (unpaired) electrons. The second-order valence-electron chi connectivity index (χ2n) is 4.85. The number of aliphatic hydroxyl groups excluding tert-OH is 1. The lowest BCUT2D eigenvalue weighted by Gasteiger charge is -2.28. The number of hydrogen-bond donors (Lipinski definition) is 2. The van der Waals surface area contributed by atoms with E-state index in [0.717, 1.165) is 0 Å². The van der Waals surface area contributed by atoms with Gasteiger partial charge in [0.2, 0.25) is 10.0 Å². The van der Waals surface area contributed by atoms with E-state index in [1.807, 2.05) is 13.8 Å². The fourth-order valence-electron chi connectivity index (χ4n) is 2.35. The van der Waals surface area contributed by atoms with Gasteiger partial charge in [0.05, 0.1) is 6.61 Å². The molecule has 7 nitrogen and oxygen atoms in total. The molecule has 0 spiro atoms. The van der Waals surface area contributed by atoms with Gasteiger partial charge in [-0.15, -0.1) is 0 Å². The topological polar surface area (TPSA) is 106 Å². The summed E-state index contributed by atoms with van der Waals surface area (Å²) in [5.74, 6) is -0.685. The number of nitrogens with two attached hydrogens (primary N) is 1. The molecule has 1 heterocycles. The average molecular weight is 317 g/mol. The first-order valence-electron chi connectivity index (χ1n) is 6.88. The summed E-state index contributed by atoms with van der Waals surface area (Å²) in [6.45, 7) is 3.56. The van der Waals surface area contributed by atoms with Crippen LogP contribution in [0, 0.1) is 0 Å². The Labute approximate surface area is 125 Å². The maximum Gasteiger partial charge on any atom is 0.265 e. The first-order chi connectivity index (χ1) is 9.79. The van der Waals surface area contributed by atoms with Crippen LogP contribution in [0.15, 0.2) is 17.2 Å². The van der Waals surface area contributed by atoms with Gasteiger partial charge in [-0.25, -0.2) is 8.42 Å². The SMILES string of the molecule is CCC(CC)N(CCO)S(=O)(=O)c1cc(C(N)=O)n(C)c1. The highest BCUT2D eigenvalue weighted by molar-refractivity contribution is 7.89. The van der Waals surface area contributed by atoms with E-state index in [0.29, 0.717) is 12.8 Å². The van der Waals surface area contributed by atoms with Gasteiger partial charge in [-0.3, -0.25) is 4.79 Å². The van der Waals surface area contributed by atoms with Crippen LogP contribution in [0.3, 0.4) is 0 Å². The summed E-state index contributed by atoms with van der Waals surface area (Å²) in [4.78, 5) is 11.3. The van der Waals surface area contributed by atoms with E-state index in [9.17, 15) is 13.2 Å². The zero-order valence-electron chi connectivity index (χ0n) is 12.6. The predicted octanol–water partition coefficient (Wildman–Crippen LogP) is 0.296. The molecule has 0 fully saturated rings. The van der Waals surface area contributed by atoms with Crippen LogP contribution in [0.2, 0.25) is 0 Å². The quantitative estimate of drug-likeness (QED) is 0.719. The second kappa shape index (κ2) is 7.06. The third-order valence-corrected chi connectivity index (χ3v) is 5.43. The van der Waals surface area contributed by atoms with E-state index in [2.05, 4.69) is 0 Å². The van der Waals surface area contributed by atoms with E-state index >= 15 is 0 Å². The van der Waals surface area contributed by atoms with Crippen molar-refractivity contribution in [1.29, 1.82) is 0 Å². The van der Waals surface area contributed by atoms with Crippen molar-refractivity contribution in [2.24, 2.45) is 12.8 Å². The number of amides is 1. The first kappa shape index (κ1) is 17.7. The van der Waals surface area contributed by atoms with Gasteiger partial charge in [-0.05, 0) is 18.9 Å². The standard InChI is InChI=1S/C13H23N3O4S/c1-4-10(5-2)16(6-7-17)21(19,20)11-8-12(13(14)18)15(3)9-11/h8-10,17H,4-7H2,1-3H3,(H2,14,18). The molecular formula is C13H23N3O4S. The zero-order valence-corrected chi connectivity index (χ0v) is 13.4. The monoisotopic (exact) mass is 317 g/mol. The predicted molar refractivity (Wildman–Crippen MR) is 79.3 cm³/mol. The van der Waals surface area contributed by atoms with Gasteiger partial charge in [0.15, 0.2) is 0 Å². The van der Waals surface area contributed by atoms with Crippen molar-refractivity contribution in [1.82, 2.24) is 8.87 Å². The lowest BCUT2D eigenvalue weighted by Crippen LogP contribution is -2.41. The van der Waals surface area contributed by atoms with Gasteiger partial charge in [-0.1, -0.05) is 13.8 Å². The van der Waals surface area contributed by atoms with E-state index < -0.39 is 15.9 Å². The third-order valence-electron chi connectivity index (χ3n) is 3.51. The maximum atomic E-state index is 12.7. The average Bonchev–Trinajstić information content (AvgIpc) is 2.82. The van der Waals surface area contributed by atoms with Crippen LogP contribution in [0.1, 0.15) is 37.2 Å². The van der Waals surface area contributed by atoms with Gasteiger partial charge < -0.3 is 15.4 Å². The molecule has 1 amide bonds. The molecule has 1 aromatic rings. The van der Waals surface area contributed by atoms with E-state index in [-0.39, 0.29) is 29.8 Å². The highest BCUT2D eigenvalue weighted by Crippen LogP contribution is 2.22. The number of primary amides is 1. The fourth-order valence-corrected chi connectivity index (χ4v) is 4.18. The Bertz CT molecular complexity index is 591. The first-order valence-corrected chi connectivity index (χ1v) is 8.32. The van der Waals surface area contributed by atoms with Crippen molar-refractivity contribution in [2.45, 2.75) is 37.6 Å². The summed E-state index contributed by atoms with van der Waals surface area (Å²) in [6.07, 6.45) is 2.65. The molecule has 21 heavy (non-hydrogen) atoms. The third kappa shape index (κ3) is 3.63. The smallest absolute Gasteiger partial charge is 0.265 e. The molecule has 1 rings (SSSR count). The van der Waals surface area contributed by atoms with E-state index in [1.165, 1.54) is 21.1 Å². The second-order valence-corrected chi connectivity index (χ2v) is 6.74. The number of carbonyl (C=O) groups is 1. The molecule has 0 aliphatic heterocycles. The molecule has 3 N–H and O–H groups in total. The summed E-state index contributed by atoms with van der Waals surface area (Å²) in [5, 5.41) is 9.15. The normalized spacial score (nSPS) is 12.3. The lowest BCUT2D eigenvalue weighted by molar-refractivity contribution is 0.0992. The molecule has 0 saturated heterocycles. The molecular weight excluding hydrogens is 294 g/mol. The minimum Gasteiger partial charge on any atom is -0.395 e. The van der Waals surface area contributed by atoms with Crippen molar-refractivity contribution < 1.29 is 18.3 Å². The molecule has 0 unspecified atom stereocenters. The molecule has 0 aliphatic rings. The van der Waals surface area contributed by atoms with Crippen LogP contribution in [0.5, 0.6) is 0 Å². The highest BCUT2D eigenvalue weighted by atomic mass is 32.2. The molecule has 0 aromatic carbocycles. The van der Waals surface area contributed by atoms with Crippen LogP contribution < -0.4 is 5.73 Å². The number of aliphatic hydroxyl groups is 1. The highest BCUT2D eigenvalue weighted by Gasteiger charge is 2.31. The van der Waals surface area contributed by atoms with E-state index in [1.54, 1.807) is 7.05 Å². The van der Waals surface area contributed by atoms with Crippen molar-refractivity contribution in [3.63, 3.8) is 0 Å². The number of hydrogen-bond acceptors (Lipinski definition) is 4. The van der Waals surface area contributed by atoms with Crippen LogP contribution in [0.25, 0.3) is 0 Å². The zero-order chi connectivity index (χ0) is 16.2. The molecule has 120 valence electrons. The van der Waals surface area contributed by atoms with Crippen molar-refractivity contribution >= 4 is 15.9 Å². The molecule has 8 heteroatoms.